The van der Waals surface area contributed by atoms with Crippen molar-refractivity contribution in [3.05, 3.63) is 29.8 Å². The van der Waals surface area contributed by atoms with Crippen LogP contribution in [0, 0.1) is 5.92 Å². The van der Waals surface area contributed by atoms with Crippen molar-refractivity contribution in [1.29, 1.82) is 0 Å². The predicted octanol–water partition coefficient (Wildman–Crippen LogP) is 2.39. The minimum absolute atomic E-state index is 0.0456. The highest BCUT2D eigenvalue weighted by Gasteiger charge is 2.30. The molecule has 6 nitrogen and oxygen atoms in total. The Hall–Kier alpha value is -1.89. The Balaban J connectivity index is 1.65. The molecule has 148 valence electrons. The zero-order valence-corrected chi connectivity index (χ0v) is 16.6. The molecule has 1 saturated heterocycles. The van der Waals surface area contributed by atoms with Crippen LogP contribution in [0.2, 0.25) is 0 Å². The number of rotatable bonds is 4. The van der Waals surface area contributed by atoms with Crippen molar-refractivity contribution in [2.75, 3.05) is 19.3 Å². The lowest BCUT2D eigenvalue weighted by Crippen LogP contribution is -2.48. The van der Waals surface area contributed by atoms with Gasteiger partial charge in [-0.3, -0.25) is 9.59 Å². The van der Waals surface area contributed by atoms with Gasteiger partial charge < -0.3 is 10.2 Å². The van der Waals surface area contributed by atoms with Gasteiger partial charge in [0.2, 0.25) is 5.91 Å². The number of piperidine rings is 1. The number of hydrogen-bond donors (Lipinski definition) is 1. The second kappa shape index (κ2) is 8.42. The number of carbonyl (C=O) groups excluding carboxylic acids is 2. The van der Waals surface area contributed by atoms with Crippen molar-refractivity contribution in [2.45, 2.75) is 55.9 Å². The fraction of sp³-hybridized carbons (Fsp3) is 0.600. The molecule has 0 radical (unpaired) electrons. The lowest BCUT2D eigenvalue weighted by Gasteiger charge is -2.33. The quantitative estimate of drug-likeness (QED) is 0.853. The molecular formula is C20H28N2O4S. The van der Waals surface area contributed by atoms with E-state index in [0.29, 0.717) is 18.7 Å². The van der Waals surface area contributed by atoms with Gasteiger partial charge in [-0.2, -0.15) is 0 Å². The maximum absolute atomic E-state index is 12.8. The van der Waals surface area contributed by atoms with Crippen molar-refractivity contribution in [1.82, 2.24) is 10.2 Å². The molecule has 1 atom stereocenters. The van der Waals surface area contributed by atoms with Gasteiger partial charge in [0.25, 0.3) is 5.91 Å². The van der Waals surface area contributed by atoms with Crippen LogP contribution in [0.4, 0.5) is 0 Å². The van der Waals surface area contributed by atoms with E-state index in [-0.39, 0.29) is 28.7 Å². The Morgan fingerprint density at radius 2 is 1.81 bits per heavy atom. The van der Waals surface area contributed by atoms with Gasteiger partial charge in [0.05, 0.1) is 10.8 Å². The number of amides is 2. The molecule has 7 heteroatoms. The van der Waals surface area contributed by atoms with E-state index in [1.54, 1.807) is 17.0 Å². The van der Waals surface area contributed by atoms with Crippen LogP contribution in [0.15, 0.2) is 29.2 Å². The number of hydrogen-bond acceptors (Lipinski definition) is 4. The van der Waals surface area contributed by atoms with E-state index < -0.39 is 9.84 Å². The standard InChI is InChI=1S/C20H28N2O4S/c1-27(25,26)18-11-5-7-15(13-18)20(24)22-12-6-8-16(14-22)19(23)21-17-9-3-2-4-10-17/h5,7,11,13,16-17H,2-4,6,8-10,12,14H2,1H3,(H,21,23). The van der Waals surface area contributed by atoms with Crippen molar-refractivity contribution in [3.8, 4) is 0 Å². The van der Waals surface area contributed by atoms with Gasteiger partial charge in [-0.25, -0.2) is 8.42 Å². The molecular weight excluding hydrogens is 364 g/mol. The van der Waals surface area contributed by atoms with Gasteiger partial charge in [-0.05, 0) is 43.9 Å². The van der Waals surface area contributed by atoms with Crippen LogP contribution in [0.25, 0.3) is 0 Å². The third-order valence-electron chi connectivity index (χ3n) is 5.54. The molecule has 0 spiro atoms. The zero-order valence-electron chi connectivity index (χ0n) is 15.8. The van der Waals surface area contributed by atoms with Crippen LogP contribution in [0.1, 0.15) is 55.3 Å². The van der Waals surface area contributed by atoms with E-state index >= 15 is 0 Å². The van der Waals surface area contributed by atoms with Crippen molar-refractivity contribution in [2.24, 2.45) is 5.92 Å². The Morgan fingerprint density at radius 3 is 2.52 bits per heavy atom. The second-order valence-corrected chi connectivity index (χ2v) is 9.75. The summed E-state index contributed by atoms with van der Waals surface area (Å²) in [5, 5.41) is 3.16. The average Bonchev–Trinajstić information content (AvgIpc) is 2.68. The van der Waals surface area contributed by atoms with Gasteiger partial charge in [-0.15, -0.1) is 0 Å². The number of likely N-dealkylation sites (tertiary alicyclic amines) is 1. The summed E-state index contributed by atoms with van der Waals surface area (Å²) in [6.45, 7) is 0.982. The molecule has 0 aromatic heterocycles. The van der Waals surface area contributed by atoms with Gasteiger partial charge in [0.15, 0.2) is 9.84 Å². The van der Waals surface area contributed by atoms with Gasteiger partial charge >= 0.3 is 0 Å². The number of benzene rings is 1. The summed E-state index contributed by atoms with van der Waals surface area (Å²) in [7, 11) is -3.37. The Morgan fingerprint density at radius 1 is 1.07 bits per heavy atom. The highest BCUT2D eigenvalue weighted by molar-refractivity contribution is 7.90. The zero-order chi connectivity index (χ0) is 19.4. The summed E-state index contributed by atoms with van der Waals surface area (Å²) in [4.78, 5) is 27.3. The van der Waals surface area contributed by atoms with Crippen LogP contribution in [0.3, 0.4) is 0 Å². The number of sulfone groups is 1. The fourth-order valence-corrected chi connectivity index (χ4v) is 4.65. The third kappa shape index (κ3) is 5.09. The largest absolute Gasteiger partial charge is 0.353 e. The maximum Gasteiger partial charge on any atom is 0.253 e. The van der Waals surface area contributed by atoms with Crippen LogP contribution >= 0.6 is 0 Å². The lowest BCUT2D eigenvalue weighted by molar-refractivity contribution is -0.127. The molecule has 1 aromatic carbocycles. The maximum atomic E-state index is 12.8. The molecule has 3 rings (SSSR count). The van der Waals surface area contributed by atoms with E-state index in [9.17, 15) is 18.0 Å². The van der Waals surface area contributed by atoms with Gasteiger partial charge in [0.1, 0.15) is 0 Å². The molecule has 0 bridgehead atoms. The molecule has 1 aliphatic heterocycles. The normalized spacial score (nSPS) is 21.7. The molecule has 1 aliphatic carbocycles. The average molecular weight is 393 g/mol. The van der Waals surface area contributed by atoms with Crippen LogP contribution in [0.5, 0.6) is 0 Å². The molecule has 2 fully saturated rings. The van der Waals surface area contributed by atoms with Crippen molar-refractivity contribution in [3.63, 3.8) is 0 Å². The van der Waals surface area contributed by atoms with Crippen molar-refractivity contribution >= 4 is 21.7 Å². The second-order valence-electron chi connectivity index (χ2n) is 7.73. The Bertz CT molecular complexity index is 800. The van der Waals surface area contributed by atoms with E-state index in [1.807, 2.05) is 0 Å². The first-order chi connectivity index (χ1) is 12.8. The van der Waals surface area contributed by atoms with Crippen LogP contribution in [-0.4, -0.2) is 50.5 Å². The van der Waals surface area contributed by atoms with E-state index in [4.69, 9.17) is 0 Å². The third-order valence-corrected chi connectivity index (χ3v) is 6.65. The predicted molar refractivity (Wildman–Crippen MR) is 103 cm³/mol. The minimum Gasteiger partial charge on any atom is -0.353 e. The van der Waals surface area contributed by atoms with E-state index in [2.05, 4.69) is 5.32 Å². The minimum atomic E-state index is -3.37. The first kappa shape index (κ1) is 19.9. The fourth-order valence-electron chi connectivity index (χ4n) is 3.98. The van der Waals surface area contributed by atoms with Gasteiger partial charge in [-0.1, -0.05) is 25.3 Å². The summed E-state index contributed by atoms with van der Waals surface area (Å²) in [5.74, 6) is -0.359. The summed E-state index contributed by atoms with van der Waals surface area (Å²) in [6, 6.07) is 6.39. The Labute approximate surface area is 161 Å². The smallest absolute Gasteiger partial charge is 0.253 e. The summed E-state index contributed by atoms with van der Waals surface area (Å²) >= 11 is 0. The Kier molecular flexibility index (Phi) is 6.19. The highest BCUT2D eigenvalue weighted by Crippen LogP contribution is 2.22. The van der Waals surface area contributed by atoms with E-state index in [1.165, 1.54) is 18.6 Å². The molecule has 2 amide bonds. The SMILES string of the molecule is CS(=O)(=O)c1cccc(C(=O)N2CCCC(C(=O)NC3CCCCC3)C2)c1. The molecule has 1 unspecified atom stereocenters. The monoisotopic (exact) mass is 392 g/mol. The summed E-state index contributed by atoms with van der Waals surface area (Å²) < 4.78 is 23.5. The van der Waals surface area contributed by atoms with Crippen molar-refractivity contribution < 1.29 is 18.0 Å². The first-order valence-corrected chi connectivity index (χ1v) is 11.6. The van der Waals surface area contributed by atoms with Gasteiger partial charge in [0, 0.05) is 31.0 Å². The molecule has 27 heavy (non-hydrogen) atoms. The molecule has 1 heterocycles. The molecule has 1 aromatic rings. The highest BCUT2D eigenvalue weighted by atomic mass is 32.2. The summed E-state index contributed by atoms with van der Waals surface area (Å²) in [5.41, 5.74) is 0.353. The lowest BCUT2D eigenvalue weighted by atomic mass is 9.93. The topological polar surface area (TPSA) is 83.6 Å². The number of carbonyl (C=O) groups is 2. The molecule has 1 saturated carbocycles. The first-order valence-electron chi connectivity index (χ1n) is 9.74. The van der Waals surface area contributed by atoms with E-state index in [0.717, 1.165) is 44.8 Å². The number of nitrogens with zero attached hydrogens (tertiary/aromatic N) is 1. The van der Waals surface area contributed by atoms with Crippen LogP contribution in [-0.2, 0) is 14.6 Å². The molecule has 2 aliphatic rings. The summed E-state index contributed by atoms with van der Waals surface area (Å²) in [6.07, 6.45) is 8.34. The number of nitrogens with one attached hydrogen (secondary N) is 1. The molecule has 1 N–H and O–H groups in total. The van der Waals surface area contributed by atoms with Crippen LogP contribution < -0.4 is 5.32 Å².